The van der Waals surface area contributed by atoms with Gasteiger partial charge in [-0.1, -0.05) is 6.42 Å². The van der Waals surface area contributed by atoms with E-state index in [0.29, 0.717) is 22.9 Å². The molecule has 2 aliphatic rings. The maximum absolute atomic E-state index is 12.4. The predicted octanol–water partition coefficient (Wildman–Crippen LogP) is 3.17. The number of amides is 2. The number of anilines is 1. The summed E-state index contributed by atoms with van der Waals surface area (Å²) in [5.74, 6) is 1.92. The number of carbonyl (C=O) groups is 3. The summed E-state index contributed by atoms with van der Waals surface area (Å²) >= 11 is 0. The van der Waals surface area contributed by atoms with E-state index in [2.05, 4.69) is 17.6 Å². The molecule has 2 amide bonds. The summed E-state index contributed by atoms with van der Waals surface area (Å²) in [5.41, 5.74) is 0.913. The van der Waals surface area contributed by atoms with E-state index in [1.165, 1.54) is 39.5 Å². The van der Waals surface area contributed by atoms with Crippen molar-refractivity contribution in [1.82, 2.24) is 5.32 Å². The highest BCUT2D eigenvalue weighted by Gasteiger charge is 2.42. The second-order valence-electron chi connectivity index (χ2n) is 7.93. The van der Waals surface area contributed by atoms with E-state index in [0.717, 1.165) is 11.8 Å². The Hall–Kier alpha value is -2.37. The number of ether oxygens (including phenoxy) is 1. The molecule has 2 saturated carbocycles. The van der Waals surface area contributed by atoms with Crippen LogP contribution in [0.1, 0.15) is 56.8 Å². The Bertz CT molecular complexity index is 746. The number of hydrogen-bond donors (Lipinski definition) is 2. The topological polar surface area (TPSA) is 84.5 Å². The first-order chi connectivity index (χ1) is 12.8. The smallest absolute Gasteiger partial charge is 0.258 e. The van der Waals surface area contributed by atoms with Crippen molar-refractivity contribution in [2.24, 2.45) is 17.8 Å². The van der Waals surface area contributed by atoms with Gasteiger partial charge in [0.15, 0.2) is 12.4 Å². The van der Waals surface area contributed by atoms with Crippen LogP contribution < -0.4 is 15.4 Å². The van der Waals surface area contributed by atoms with Crippen molar-refractivity contribution >= 4 is 23.3 Å². The first-order valence-corrected chi connectivity index (χ1v) is 9.68. The van der Waals surface area contributed by atoms with Crippen LogP contribution in [0.2, 0.25) is 0 Å². The van der Waals surface area contributed by atoms with Crippen LogP contribution in [0.4, 0.5) is 5.69 Å². The van der Waals surface area contributed by atoms with E-state index in [-0.39, 0.29) is 30.2 Å². The van der Waals surface area contributed by atoms with E-state index in [9.17, 15) is 14.4 Å². The maximum atomic E-state index is 12.4. The molecular weight excluding hydrogens is 344 g/mol. The van der Waals surface area contributed by atoms with Crippen LogP contribution in [-0.4, -0.2) is 30.2 Å². The number of nitrogens with one attached hydrogen (secondary N) is 2. The highest BCUT2D eigenvalue weighted by atomic mass is 16.5. The first kappa shape index (κ1) is 19.4. The van der Waals surface area contributed by atoms with E-state index in [1.807, 2.05) is 0 Å². The summed E-state index contributed by atoms with van der Waals surface area (Å²) in [6.45, 7) is 4.77. The van der Waals surface area contributed by atoms with Crippen molar-refractivity contribution in [3.05, 3.63) is 23.8 Å². The number of fused-ring (bicyclic) bond motifs is 2. The standard InChI is InChI=1S/C21H28N2O4/c1-12(18-9-15-4-5-17(18)8-15)22-21(26)11-27-20-10-16(13(2)24)6-7-19(20)23-14(3)25/h6-7,10,12,15,17-18H,4-5,8-9,11H2,1-3H3,(H,22,26)(H,23,25). The molecule has 2 N–H and O–H groups in total. The molecule has 4 atom stereocenters. The average molecular weight is 372 g/mol. The van der Waals surface area contributed by atoms with Crippen LogP contribution in [0.3, 0.4) is 0 Å². The summed E-state index contributed by atoms with van der Waals surface area (Å²) in [5, 5.41) is 5.72. The molecule has 6 heteroatoms. The largest absolute Gasteiger partial charge is 0.482 e. The van der Waals surface area contributed by atoms with Gasteiger partial charge < -0.3 is 15.4 Å². The lowest BCUT2D eigenvalue weighted by Gasteiger charge is -2.28. The number of Topliss-reactive ketones (excluding diaryl/α,β-unsaturated/α-hetero) is 1. The molecule has 0 radical (unpaired) electrons. The van der Waals surface area contributed by atoms with Crippen LogP contribution >= 0.6 is 0 Å². The van der Waals surface area contributed by atoms with Crippen LogP contribution in [-0.2, 0) is 9.59 Å². The molecule has 1 aromatic carbocycles. The third-order valence-corrected chi connectivity index (χ3v) is 5.88. The molecule has 2 aliphatic carbocycles. The number of ketones is 1. The van der Waals surface area contributed by atoms with Crippen LogP contribution in [0, 0.1) is 17.8 Å². The number of rotatable bonds is 7. The van der Waals surface area contributed by atoms with Gasteiger partial charge in [0.1, 0.15) is 5.75 Å². The Balaban J connectivity index is 1.59. The predicted molar refractivity (Wildman–Crippen MR) is 103 cm³/mol. The molecule has 1 aromatic rings. The van der Waals surface area contributed by atoms with Crippen LogP contribution in [0.5, 0.6) is 5.75 Å². The van der Waals surface area contributed by atoms with Crippen molar-refractivity contribution < 1.29 is 19.1 Å². The fourth-order valence-electron chi connectivity index (χ4n) is 4.61. The molecule has 3 rings (SSSR count). The first-order valence-electron chi connectivity index (χ1n) is 9.68. The lowest BCUT2D eigenvalue weighted by molar-refractivity contribution is -0.124. The maximum Gasteiger partial charge on any atom is 0.258 e. The van der Waals surface area contributed by atoms with Gasteiger partial charge in [-0.25, -0.2) is 0 Å². The van der Waals surface area contributed by atoms with Gasteiger partial charge in [-0.05, 0) is 69.1 Å². The van der Waals surface area contributed by atoms with Crippen LogP contribution in [0.15, 0.2) is 18.2 Å². The van der Waals surface area contributed by atoms with Crippen molar-refractivity contribution in [3.8, 4) is 5.75 Å². The van der Waals surface area contributed by atoms with E-state index >= 15 is 0 Å². The summed E-state index contributed by atoms with van der Waals surface area (Å²) < 4.78 is 5.64. The second kappa shape index (κ2) is 8.11. The Labute approximate surface area is 160 Å². The van der Waals surface area contributed by atoms with Crippen molar-refractivity contribution in [2.75, 3.05) is 11.9 Å². The van der Waals surface area contributed by atoms with Gasteiger partial charge in [-0.2, -0.15) is 0 Å². The highest BCUT2D eigenvalue weighted by Crippen LogP contribution is 2.49. The number of hydrogen-bond acceptors (Lipinski definition) is 4. The minimum atomic E-state index is -0.246. The van der Waals surface area contributed by atoms with Crippen molar-refractivity contribution in [3.63, 3.8) is 0 Å². The van der Waals surface area contributed by atoms with E-state index in [4.69, 9.17) is 4.74 Å². The minimum absolute atomic E-state index is 0.108. The summed E-state index contributed by atoms with van der Waals surface area (Å²) in [6, 6.07) is 4.93. The molecule has 27 heavy (non-hydrogen) atoms. The number of benzene rings is 1. The third kappa shape index (κ3) is 4.67. The quantitative estimate of drug-likeness (QED) is 0.720. The fraction of sp³-hybridized carbons (Fsp3) is 0.571. The highest BCUT2D eigenvalue weighted by molar-refractivity contribution is 5.96. The zero-order chi connectivity index (χ0) is 19.6. The summed E-state index contributed by atoms with van der Waals surface area (Å²) in [7, 11) is 0. The molecule has 2 bridgehead atoms. The Morgan fingerprint density at radius 3 is 2.56 bits per heavy atom. The zero-order valence-electron chi connectivity index (χ0n) is 16.2. The normalized spacial score (nSPS) is 24.3. The van der Waals surface area contributed by atoms with Crippen molar-refractivity contribution in [2.45, 2.75) is 52.5 Å². The molecule has 146 valence electrons. The van der Waals surface area contributed by atoms with Gasteiger partial charge in [-0.3, -0.25) is 14.4 Å². The molecular formula is C21H28N2O4. The Morgan fingerprint density at radius 2 is 1.96 bits per heavy atom. The van der Waals surface area contributed by atoms with Gasteiger partial charge in [0.05, 0.1) is 5.69 Å². The van der Waals surface area contributed by atoms with Gasteiger partial charge in [0.2, 0.25) is 5.91 Å². The molecule has 0 heterocycles. The van der Waals surface area contributed by atoms with Gasteiger partial charge in [-0.15, -0.1) is 0 Å². The lowest BCUT2D eigenvalue weighted by atomic mass is 9.84. The molecule has 0 spiro atoms. The Morgan fingerprint density at radius 1 is 1.19 bits per heavy atom. The zero-order valence-corrected chi connectivity index (χ0v) is 16.2. The second-order valence-corrected chi connectivity index (χ2v) is 7.93. The van der Waals surface area contributed by atoms with E-state index < -0.39 is 0 Å². The molecule has 0 aromatic heterocycles. The number of carbonyl (C=O) groups excluding carboxylic acids is 3. The summed E-state index contributed by atoms with van der Waals surface area (Å²) in [6.07, 6.45) is 5.13. The van der Waals surface area contributed by atoms with Crippen molar-refractivity contribution in [1.29, 1.82) is 0 Å². The minimum Gasteiger partial charge on any atom is -0.482 e. The van der Waals surface area contributed by atoms with Gasteiger partial charge in [0.25, 0.3) is 5.91 Å². The SMILES string of the molecule is CC(=O)Nc1ccc(C(C)=O)cc1OCC(=O)NC(C)C1CC2CCC1C2. The molecule has 2 fully saturated rings. The van der Waals surface area contributed by atoms with Gasteiger partial charge >= 0.3 is 0 Å². The van der Waals surface area contributed by atoms with E-state index in [1.54, 1.807) is 18.2 Å². The molecule has 0 aliphatic heterocycles. The molecule has 4 unspecified atom stereocenters. The monoisotopic (exact) mass is 372 g/mol. The fourth-order valence-corrected chi connectivity index (χ4v) is 4.61. The molecule has 0 saturated heterocycles. The average Bonchev–Trinajstić information content (AvgIpc) is 3.23. The lowest BCUT2D eigenvalue weighted by Crippen LogP contribution is -2.42. The molecule has 6 nitrogen and oxygen atoms in total. The summed E-state index contributed by atoms with van der Waals surface area (Å²) in [4.78, 5) is 35.3. The van der Waals surface area contributed by atoms with Crippen LogP contribution in [0.25, 0.3) is 0 Å². The third-order valence-electron chi connectivity index (χ3n) is 5.88. The Kier molecular flexibility index (Phi) is 5.82. The van der Waals surface area contributed by atoms with Gasteiger partial charge in [0, 0.05) is 18.5 Å².